The fourth-order valence-corrected chi connectivity index (χ4v) is 2.45. The Morgan fingerprint density at radius 1 is 1.04 bits per heavy atom. The van der Waals surface area contributed by atoms with Crippen molar-refractivity contribution in [2.24, 2.45) is 0 Å². The van der Waals surface area contributed by atoms with Crippen molar-refractivity contribution >= 4 is 23.7 Å². The molecule has 1 N–H and O–H groups in total. The van der Waals surface area contributed by atoms with Gasteiger partial charge in [0.1, 0.15) is 5.75 Å². The molecule has 0 heterocycles. The lowest BCUT2D eigenvalue weighted by atomic mass is 10.0. The van der Waals surface area contributed by atoms with E-state index in [9.17, 15) is 14.4 Å². The zero-order valence-electron chi connectivity index (χ0n) is 15.9. The summed E-state index contributed by atoms with van der Waals surface area (Å²) in [4.78, 5) is 35.6. The van der Waals surface area contributed by atoms with Crippen LogP contribution in [0.4, 0.5) is 0 Å². The van der Waals surface area contributed by atoms with Crippen LogP contribution in [-0.2, 0) is 25.5 Å². The first-order chi connectivity index (χ1) is 13.5. The van der Waals surface area contributed by atoms with Crippen LogP contribution in [-0.4, -0.2) is 37.4 Å². The summed E-state index contributed by atoms with van der Waals surface area (Å²) in [5.41, 5.74) is 1.73. The predicted molar refractivity (Wildman–Crippen MR) is 106 cm³/mol. The van der Waals surface area contributed by atoms with E-state index in [4.69, 9.17) is 9.47 Å². The highest BCUT2D eigenvalue weighted by Gasteiger charge is 2.18. The van der Waals surface area contributed by atoms with E-state index in [-0.39, 0.29) is 5.78 Å². The smallest absolute Gasteiger partial charge is 0.331 e. The minimum absolute atomic E-state index is 0.164. The molecule has 0 aliphatic heterocycles. The molecular formula is C22H23NO5. The van der Waals surface area contributed by atoms with Gasteiger partial charge in [-0.05, 0) is 42.7 Å². The van der Waals surface area contributed by atoms with Crippen molar-refractivity contribution in [2.45, 2.75) is 19.4 Å². The number of Topliss-reactive ketones (excluding diaryl/α,β-unsaturated/α-hetero) is 1. The third kappa shape index (κ3) is 7.07. The molecule has 28 heavy (non-hydrogen) atoms. The number of rotatable bonds is 9. The Morgan fingerprint density at radius 2 is 1.71 bits per heavy atom. The van der Waals surface area contributed by atoms with E-state index in [1.54, 1.807) is 37.5 Å². The van der Waals surface area contributed by atoms with E-state index in [1.807, 2.05) is 30.3 Å². The van der Waals surface area contributed by atoms with E-state index in [2.05, 4.69) is 5.32 Å². The highest BCUT2D eigenvalue weighted by Crippen LogP contribution is 2.12. The van der Waals surface area contributed by atoms with Gasteiger partial charge in [-0.25, -0.2) is 4.79 Å². The second-order valence-corrected chi connectivity index (χ2v) is 6.13. The summed E-state index contributed by atoms with van der Waals surface area (Å²) in [6.07, 6.45) is 3.20. The molecule has 2 rings (SSSR count). The standard InChI is InChI=1S/C22H23NO5/c1-16(24)20(14-18-6-4-3-5-7-18)23-21(25)15-28-22(26)13-10-17-8-11-19(27-2)12-9-17/h3-13,20H,14-15H2,1-2H3,(H,23,25)/b13-10+/t20-/m0/s1. The van der Waals surface area contributed by atoms with Gasteiger partial charge < -0.3 is 14.8 Å². The van der Waals surface area contributed by atoms with E-state index < -0.39 is 24.5 Å². The van der Waals surface area contributed by atoms with Gasteiger partial charge in [0.2, 0.25) is 0 Å². The minimum Gasteiger partial charge on any atom is -0.497 e. The van der Waals surface area contributed by atoms with Gasteiger partial charge in [-0.3, -0.25) is 9.59 Å². The molecule has 1 atom stereocenters. The molecule has 2 aromatic carbocycles. The molecule has 6 heteroatoms. The number of benzene rings is 2. The van der Waals surface area contributed by atoms with Crippen molar-refractivity contribution in [3.63, 3.8) is 0 Å². The molecule has 0 spiro atoms. The molecule has 0 aromatic heterocycles. The molecule has 0 unspecified atom stereocenters. The van der Waals surface area contributed by atoms with Crippen LogP contribution >= 0.6 is 0 Å². The fraction of sp³-hybridized carbons (Fsp3) is 0.227. The molecule has 0 fully saturated rings. The SMILES string of the molecule is COc1ccc(/C=C/C(=O)OCC(=O)N[C@@H](Cc2ccccc2)C(C)=O)cc1. The molecule has 0 saturated carbocycles. The molecule has 2 aromatic rings. The normalized spacial score (nSPS) is 11.6. The highest BCUT2D eigenvalue weighted by atomic mass is 16.5. The van der Waals surface area contributed by atoms with Crippen molar-refractivity contribution in [1.29, 1.82) is 0 Å². The molecule has 6 nitrogen and oxygen atoms in total. The fourth-order valence-electron chi connectivity index (χ4n) is 2.45. The van der Waals surface area contributed by atoms with Gasteiger partial charge >= 0.3 is 5.97 Å². The number of carbonyl (C=O) groups is 3. The van der Waals surface area contributed by atoms with Gasteiger partial charge in [-0.15, -0.1) is 0 Å². The molecular weight excluding hydrogens is 358 g/mol. The number of ketones is 1. The van der Waals surface area contributed by atoms with Crippen LogP contribution in [0.2, 0.25) is 0 Å². The maximum absolute atomic E-state index is 12.0. The lowest BCUT2D eigenvalue weighted by molar-refractivity contribution is -0.144. The van der Waals surface area contributed by atoms with Crippen molar-refractivity contribution < 1.29 is 23.9 Å². The number of esters is 1. The van der Waals surface area contributed by atoms with Crippen LogP contribution in [0.1, 0.15) is 18.1 Å². The topological polar surface area (TPSA) is 81.7 Å². The quantitative estimate of drug-likeness (QED) is 0.533. The van der Waals surface area contributed by atoms with Crippen molar-refractivity contribution in [1.82, 2.24) is 5.32 Å². The summed E-state index contributed by atoms with van der Waals surface area (Å²) in [7, 11) is 1.57. The Hall–Kier alpha value is -3.41. The average Bonchev–Trinajstić information content (AvgIpc) is 2.71. The summed E-state index contributed by atoms with van der Waals surface area (Å²) in [5.74, 6) is -0.620. The maximum atomic E-state index is 12.0. The number of hydrogen-bond acceptors (Lipinski definition) is 5. The van der Waals surface area contributed by atoms with Gasteiger partial charge in [0, 0.05) is 6.08 Å². The minimum atomic E-state index is -0.663. The Morgan fingerprint density at radius 3 is 2.32 bits per heavy atom. The number of methoxy groups -OCH3 is 1. The molecule has 0 bridgehead atoms. The van der Waals surface area contributed by atoms with E-state index in [0.717, 1.165) is 11.1 Å². The molecule has 1 amide bonds. The molecule has 0 saturated heterocycles. The summed E-state index contributed by atoms with van der Waals surface area (Å²) < 4.78 is 9.99. The second-order valence-electron chi connectivity index (χ2n) is 6.13. The van der Waals surface area contributed by atoms with Gasteiger partial charge in [0.25, 0.3) is 5.91 Å². The van der Waals surface area contributed by atoms with Gasteiger partial charge in [-0.1, -0.05) is 42.5 Å². The maximum Gasteiger partial charge on any atom is 0.331 e. The van der Waals surface area contributed by atoms with Crippen molar-refractivity contribution in [3.05, 3.63) is 71.8 Å². The molecule has 0 aliphatic carbocycles. The molecule has 0 aliphatic rings. The summed E-state index contributed by atoms with van der Waals surface area (Å²) in [6, 6.07) is 15.8. The number of carbonyl (C=O) groups excluding carboxylic acids is 3. The summed E-state index contributed by atoms with van der Waals surface area (Å²) >= 11 is 0. The van der Waals surface area contributed by atoms with E-state index in [1.165, 1.54) is 13.0 Å². The average molecular weight is 381 g/mol. The van der Waals surface area contributed by atoms with Gasteiger partial charge in [0.05, 0.1) is 13.2 Å². The van der Waals surface area contributed by atoms with Crippen molar-refractivity contribution in [3.8, 4) is 5.75 Å². The Labute approximate surface area is 164 Å². The Bertz CT molecular complexity index is 828. The number of ether oxygens (including phenoxy) is 2. The number of hydrogen-bond donors (Lipinski definition) is 1. The Balaban J connectivity index is 1.81. The second kappa shape index (κ2) is 10.7. The first-order valence-electron chi connectivity index (χ1n) is 8.80. The Kier molecular flexibility index (Phi) is 7.96. The van der Waals surface area contributed by atoms with Crippen LogP contribution < -0.4 is 10.1 Å². The summed E-state index contributed by atoms with van der Waals surface area (Å²) in [5, 5.41) is 2.60. The predicted octanol–water partition coefficient (Wildman–Crippen LogP) is 2.57. The molecule has 146 valence electrons. The monoisotopic (exact) mass is 381 g/mol. The first-order valence-corrected chi connectivity index (χ1v) is 8.80. The van der Waals surface area contributed by atoms with Gasteiger partial charge in [-0.2, -0.15) is 0 Å². The first kappa shape index (κ1) is 20.9. The zero-order chi connectivity index (χ0) is 20.4. The van der Waals surface area contributed by atoms with Crippen LogP contribution in [0.5, 0.6) is 5.75 Å². The highest BCUT2D eigenvalue weighted by molar-refractivity contribution is 5.91. The van der Waals surface area contributed by atoms with E-state index in [0.29, 0.717) is 12.2 Å². The van der Waals surface area contributed by atoms with Gasteiger partial charge in [0.15, 0.2) is 12.4 Å². The molecule has 0 radical (unpaired) electrons. The lowest BCUT2D eigenvalue weighted by Gasteiger charge is -2.16. The number of amides is 1. The lowest BCUT2D eigenvalue weighted by Crippen LogP contribution is -2.43. The van der Waals surface area contributed by atoms with Crippen LogP contribution in [0, 0.1) is 0 Å². The zero-order valence-corrected chi connectivity index (χ0v) is 15.9. The van der Waals surface area contributed by atoms with Crippen LogP contribution in [0.3, 0.4) is 0 Å². The third-order valence-corrected chi connectivity index (χ3v) is 3.98. The third-order valence-electron chi connectivity index (χ3n) is 3.98. The largest absolute Gasteiger partial charge is 0.497 e. The van der Waals surface area contributed by atoms with E-state index >= 15 is 0 Å². The van der Waals surface area contributed by atoms with Crippen molar-refractivity contribution in [2.75, 3.05) is 13.7 Å². The van der Waals surface area contributed by atoms with Crippen LogP contribution in [0.15, 0.2) is 60.7 Å². The number of nitrogens with one attached hydrogen (secondary N) is 1. The summed E-state index contributed by atoms with van der Waals surface area (Å²) in [6.45, 7) is 0.960. The van der Waals surface area contributed by atoms with Crippen LogP contribution in [0.25, 0.3) is 6.08 Å².